The van der Waals surface area contributed by atoms with Crippen molar-refractivity contribution < 1.29 is 0 Å². The number of pyridine rings is 1. The molecule has 6 aromatic rings. The lowest BCUT2D eigenvalue weighted by atomic mass is 9.83. The first kappa shape index (κ1) is 22.9. The lowest BCUT2D eigenvalue weighted by Gasteiger charge is -2.21. The fraction of sp³-hybridized carbons (Fsp3) is 0.0833. The first-order valence-electron chi connectivity index (χ1n) is 12.9. The molecule has 5 aromatic carbocycles. The minimum absolute atomic E-state index is 0.282. The van der Waals surface area contributed by atoms with Crippen molar-refractivity contribution in [2.45, 2.75) is 19.8 Å². The Balaban J connectivity index is 1.70. The largest absolute Gasteiger partial charge is 0.264 e. The average Bonchev–Trinajstić information content (AvgIpc) is 2.96. The maximum absolute atomic E-state index is 4.37. The second kappa shape index (κ2) is 9.87. The zero-order chi connectivity index (χ0) is 25.2. The van der Waals surface area contributed by atoms with Crippen LogP contribution in [-0.2, 0) is 0 Å². The van der Waals surface area contributed by atoms with E-state index in [-0.39, 0.29) is 5.92 Å². The third-order valence-electron chi connectivity index (χ3n) is 7.30. The predicted molar refractivity (Wildman–Crippen MR) is 160 cm³/mol. The van der Waals surface area contributed by atoms with E-state index in [9.17, 15) is 0 Å². The Bertz CT molecular complexity index is 1730. The number of aromatic nitrogens is 1. The summed E-state index contributed by atoms with van der Waals surface area (Å²) >= 11 is 0. The van der Waals surface area contributed by atoms with Gasteiger partial charge in [-0.2, -0.15) is 0 Å². The van der Waals surface area contributed by atoms with Crippen LogP contribution in [-0.4, -0.2) is 4.98 Å². The van der Waals surface area contributed by atoms with Crippen LogP contribution in [0.3, 0.4) is 0 Å². The van der Waals surface area contributed by atoms with Gasteiger partial charge in [0.1, 0.15) is 0 Å². The van der Waals surface area contributed by atoms with Crippen molar-refractivity contribution in [1.29, 1.82) is 0 Å². The van der Waals surface area contributed by atoms with E-state index in [2.05, 4.69) is 134 Å². The number of benzene rings is 5. The van der Waals surface area contributed by atoms with E-state index in [4.69, 9.17) is 0 Å². The van der Waals surface area contributed by atoms with Gasteiger partial charge in [-0.25, -0.2) is 0 Å². The molecular formula is C36H29N. The third-order valence-corrected chi connectivity index (χ3v) is 7.30. The average molecular weight is 476 g/mol. The van der Waals surface area contributed by atoms with Crippen LogP contribution < -0.4 is 0 Å². The van der Waals surface area contributed by atoms with E-state index in [1.165, 1.54) is 54.6 Å². The van der Waals surface area contributed by atoms with Gasteiger partial charge in [0.05, 0.1) is 0 Å². The minimum atomic E-state index is 0.282. The molecule has 0 spiro atoms. The number of allylic oxidation sites excluding steroid dienone is 4. The molecule has 178 valence electrons. The molecule has 1 heteroatoms. The first-order chi connectivity index (χ1) is 18.3. The van der Waals surface area contributed by atoms with Crippen molar-refractivity contribution in [2.75, 3.05) is 0 Å². The quantitative estimate of drug-likeness (QED) is 0.178. The number of hydrogen-bond donors (Lipinski definition) is 0. The molecule has 1 unspecified atom stereocenters. The van der Waals surface area contributed by atoms with Crippen LogP contribution in [0, 0.1) is 0 Å². The molecule has 6 rings (SSSR count). The summed E-state index contributed by atoms with van der Waals surface area (Å²) in [6.45, 7) is 4.35. The SMILES string of the molecule is C/C=C\C=C/C(C)c1c2ccccc2c(-c2cccc3c(-c4cccnc4)cccc23)c2ccccc12. The number of hydrogen-bond acceptors (Lipinski definition) is 1. The molecule has 1 aromatic heterocycles. The second-order valence-electron chi connectivity index (χ2n) is 9.53. The maximum atomic E-state index is 4.37. The van der Waals surface area contributed by atoms with Crippen molar-refractivity contribution in [1.82, 2.24) is 4.98 Å². The molecule has 0 aliphatic rings. The Morgan fingerprint density at radius 1 is 0.595 bits per heavy atom. The minimum Gasteiger partial charge on any atom is -0.264 e. The molecule has 0 bridgehead atoms. The Kier molecular flexibility index (Phi) is 6.12. The zero-order valence-electron chi connectivity index (χ0n) is 21.2. The third kappa shape index (κ3) is 4.03. The monoisotopic (exact) mass is 475 g/mol. The fourth-order valence-electron chi connectivity index (χ4n) is 5.68. The summed E-state index contributed by atoms with van der Waals surface area (Å²) in [5.41, 5.74) is 6.29. The Hall–Kier alpha value is -4.49. The molecule has 0 amide bonds. The van der Waals surface area contributed by atoms with Crippen LogP contribution in [0.25, 0.3) is 54.6 Å². The molecule has 0 aliphatic carbocycles. The number of fused-ring (bicyclic) bond motifs is 3. The predicted octanol–water partition coefficient (Wildman–Crippen LogP) is 10.1. The summed E-state index contributed by atoms with van der Waals surface area (Å²) in [5.74, 6) is 0.282. The molecule has 37 heavy (non-hydrogen) atoms. The fourth-order valence-corrected chi connectivity index (χ4v) is 5.68. The van der Waals surface area contributed by atoms with Crippen LogP contribution in [0.4, 0.5) is 0 Å². The first-order valence-corrected chi connectivity index (χ1v) is 12.9. The molecule has 0 fully saturated rings. The molecule has 0 N–H and O–H groups in total. The molecule has 1 nitrogen and oxygen atoms in total. The molecule has 0 radical (unpaired) electrons. The van der Waals surface area contributed by atoms with Gasteiger partial charge in [-0.15, -0.1) is 0 Å². The highest BCUT2D eigenvalue weighted by Crippen LogP contribution is 2.44. The topological polar surface area (TPSA) is 12.9 Å². The van der Waals surface area contributed by atoms with Crippen molar-refractivity contribution in [3.63, 3.8) is 0 Å². The standard InChI is InChI=1S/C36H29N/c1-3-4-5-13-25(2)35-31-15-6-8-17-33(31)36(34-18-9-7-16-32(34)35)30-22-11-20-28-27(19-10-21-29(28)30)26-14-12-23-37-24-26/h3-25H,1-2H3/b4-3-,13-5-. The molecule has 0 aliphatic heterocycles. The summed E-state index contributed by atoms with van der Waals surface area (Å²) in [7, 11) is 0. The molecule has 1 heterocycles. The van der Waals surface area contributed by atoms with Crippen LogP contribution in [0.1, 0.15) is 25.3 Å². The van der Waals surface area contributed by atoms with E-state index in [0.717, 1.165) is 5.56 Å². The smallest absolute Gasteiger partial charge is 0.0346 e. The summed E-state index contributed by atoms with van der Waals surface area (Å²) in [5, 5.41) is 7.72. The highest BCUT2D eigenvalue weighted by Gasteiger charge is 2.19. The number of nitrogens with zero attached hydrogens (tertiary/aromatic N) is 1. The molecular weight excluding hydrogens is 446 g/mol. The van der Waals surface area contributed by atoms with Crippen LogP contribution >= 0.6 is 0 Å². The maximum Gasteiger partial charge on any atom is 0.0346 e. The van der Waals surface area contributed by atoms with Crippen LogP contribution in [0.15, 0.2) is 134 Å². The Morgan fingerprint density at radius 2 is 1.19 bits per heavy atom. The second-order valence-corrected chi connectivity index (χ2v) is 9.53. The van der Waals surface area contributed by atoms with Gasteiger partial charge in [0.15, 0.2) is 0 Å². The van der Waals surface area contributed by atoms with Gasteiger partial charge >= 0.3 is 0 Å². The Morgan fingerprint density at radius 3 is 1.81 bits per heavy atom. The van der Waals surface area contributed by atoms with Gasteiger partial charge in [-0.05, 0) is 67.6 Å². The zero-order valence-corrected chi connectivity index (χ0v) is 21.2. The van der Waals surface area contributed by atoms with E-state index in [0.29, 0.717) is 0 Å². The van der Waals surface area contributed by atoms with Crippen LogP contribution in [0.2, 0.25) is 0 Å². The van der Waals surface area contributed by atoms with Crippen molar-refractivity contribution in [3.05, 3.63) is 139 Å². The van der Waals surface area contributed by atoms with Crippen LogP contribution in [0.5, 0.6) is 0 Å². The molecule has 0 saturated carbocycles. The number of rotatable bonds is 5. The summed E-state index contributed by atoms with van der Waals surface area (Å²) in [4.78, 5) is 4.37. The van der Waals surface area contributed by atoms with Gasteiger partial charge in [-0.1, -0.05) is 122 Å². The normalized spacial score (nSPS) is 12.8. The van der Waals surface area contributed by atoms with Gasteiger partial charge in [0, 0.05) is 23.9 Å². The van der Waals surface area contributed by atoms with Gasteiger partial charge in [-0.3, -0.25) is 4.98 Å². The lowest BCUT2D eigenvalue weighted by molar-refractivity contribution is 0.992. The van der Waals surface area contributed by atoms with Gasteiger partial charge in [0.25, 0.3) is 0 Å². The van der Waals surface area contributed by atoms with Gasteiger partial charge in [0.2, 0.25) is 0 Å². The lowest BCUT2D eigenvalue weighted by Crippen LogP contribution is -1.97. The van der Waals surface area contributed by atoms with E-state index < -0.39 is 0 Å². The highest BCUT2D eigenvalue weighted by molar-refractivity contribution is 6.19. The van der Waals surface area contributed by atoms with E-state index in [1.807, 2.05) is 18.5 Å². The van der Waals surface area contributed by atoms with E-state index in [1.54, 1.807) is 0 Å². The molecule has 1 atom stereocenters. The van der Waals surface area contributed by atoms with Crippen molar-refractivity contribution in [2.24, 2.45) is 0 Å². The highest BCUT2D eigenvalue weighted by atomic mass is 14.6. The Labute approximate surface area is 218 Å². The van der Waals surface area contributed by atoms with Crippen molar-refractivity contribution >= 4 is 32.3 Å². The van der Waals surface area contributed by atoms with Gasteiger partial charge < -0.3 is 0 Å². The summed E-state index contributed by atoms with van der Waals surface area (Å²) < 4.78 is 0. The summed E-state index contributed by atoms with van der Waals surface area (Å²) in [6.07, 6.45) is 12.4. The molecule has 0 saturated heterocycles. The summed E-state index contributed by atoms with van der Waals surface area (Å²) in [6, 6.07) is 35.2. The van der Waals surface area contributed by atoms with Crippen molar-refractivity contribution in [3.8, 4) is 22.3 Å². The van der Waals surface area contributed by atoms with E-state index >= 15 is 0 Å².